The third-order valence-corrected chi connectivity index (χ3v) is 6.25. The Morgan fingerprint density at radius 2 is 1.95 bits per heavy atom. The molecule has 0 unspecified atom stereocenters. The van der Waals surface area contributed by atoms with Crippen molar-refractivity contribution in [3.63, 3.8) is 0 Å². The molecule has 0 atom stereocenters. The Hall–Kier alpha value is -4.18. The van der Waals surface area contributed by atoms with Crippen LogP contribution in [0.25, 0.3) is 22.3 Å². The summed E-state index contributed by atoms with van der Waals surface area (Å²) in [6.07, 6.45) is 4.88. The molecule has 0 radical (unpaired) electrons. The van der Waals surface area contributed by atoms with Crippen LogP contribution in [0.2, 0.25) is 0 Å². The zero-order chi connectivity index (χ0) is 27.6. The van der Waals surface area contributed by atoms with Crippen molar-refractivity contribution in [1.82, 2.24) is 24.4 Å². The van der Waals surface area contributed by atoms with E-state index in [1.54, 1.807) is 6.20 Å². The highest BCUT2D eigenvalue weighted by Crippen LogP contribution is 2.33. The van der Waals surface area contributed by atoms with Crippen LogP contribution in [-0.4, -0.2) is 70.7 Å². The molecule has 3 heterocycles. The average Bonchev–Trinajstić information content (AvgIpc) is 3.20. The molecular formula is C28H36N8O2. The van der Waals surface area contributed by atoms with E-state index >= 15 is 0 Å². The third kappa shape index (κ3) is 5.70. The van der Waals surface area contributed by atoms with Crippen molar-refractivity contribution >= 4 is 40.0 Å². The van der Waals surface area contributed by atoms with E-state index in [2.05, 4.69) is 31.2 Å². The Kier molecular flexibility index (Phi) is 7.82. The molecule has 0 saturated heterocycles. The molecule has 0 saturated carbocycles. The van der Waals surface area contributed by atoms with E-state index in [9.17, 15) is 4.79 Å². The highest BCUT2D eigenvalue weighted by atomic mass is 16.5. The molecule has 0 amide bonds. The molecule has 4 aromatic rings. The predicted molar refractivity (Wildman–Crippen MR) is 153 cm³/mol. The third-order valence-electron chi connectivity index (χ3n) is 6.25. The summed E-state index contributed by atoms with van der Waals surface area (Å²) in [5.74, 6) is -0.133. The molecule has 1 aromatic carbocycles. The summed E-state index contributed by atoms with van der Waals surface area (Å²) in [6, 6.07) is 7.77. The lowest BCUT2D eigenvalue weighted by Gasteiger charge is -2.24. The molecule has 0 fully saturated rings. The second kappa shape index (κ2) is 11.1. The van der Waals surface area contributed by atoms with Crippen LogP contribution in [0.4, 0.5) is 23.0 Å². The molecule has 4 rings (SSSR count). The molecule has 0 spiro atoms. The molecule has 10 nitrogen and oxygen atoms in total. The van der Waals surface area contributed by atoms with Gasteiger partial charge in [0.15, 0.2) is 0 Å². The van der Waals surface area contributed by atoms with Gasteiger partial charge in [0.2, 0.25) is 5.95 Å². The number of rotatable bonds is 9. The van der Waals surface area contributed by atoms with Crippen LogP contribution in [0.15, 0.2) is 42.9 Å². The van der Waals surface area contributed by atoms with E-state index in [1.165, 1.54) is 6.20 Å². The quantitative estimate of drug-likeness (QED) is 0.249. The van der Waals surface area contributed by atoms with Crippen molar-refractivity contribution in [1.29, 1.82) is 0 Å². The lowest BCUT2D eigenvalue weighted by atomic mass is 10.1. The zero-order valence-corrected chi connectivity index (χ0v) is 23.1. The van der Waals surface area contributed by atoms with Gasteiger partial charge in [-0.05, 0) is 64.7 Å². The van der Waals surface area contributed by atoms with Gasteiger partial charge in [0.1, 0.15) is 11.2 Å². The van der Waals surface area contributed by atoms with Crippen LogP contribution >= 0.6 is 0 Å². The topological polar surface area (TPSA) is 114 Å². The Morgan fingerprint density at radius 3 is 2.66 bits per heavy atom. The van der Waals surface area contributed by atoms with Gasteiger partial charge in [0.05, 0.1) is 23.2 Å². The number of nitrogens with zero attached hydrogens (tertiary/aromatic N) is 6. The monoisotopic (exact) mass is 516 g/mol. The number of pyridine rings is 1. The maximum atomic E-state index is 13.0. The van der Waals surface area contributed by atoms with Crippen molar-refractivity contribution in [3.8, 4) is 11.3 Å². The maximum absolute atomic E-state index is 13.0. The summed E-state index contributed by atoms with van der Waals surface area (Å²) < 4.78 is 7.40. The molecule has 38 heavy (non-hydrogen) atoms. The van der Waals surface area contributed by atoms with Gasteiger partial charge >= 0.3 is 5.97 Å². The number of esters is 1. The first-order valence-electron chi connectivity index (χ1n) is 12.6. The van der Waals surface area contributed by atoms with Crippen molar-refractivity contribution in [2.75, 3.05) is 50.2 Å². The highest BCUT2D eigenvalue weighted by Gasteiger charge is 2.22. The first-order chi connectivity index (χ1) is 18.0. The molecule has 0 bridgehead atoms. The Labute approximate surface area is 223 Å². The Balaban J connectivity index is 1.73. The van der Waals surface area contributed by atoms with Crippen LogP contribution in [-0.2, 0) is 11.8 Å². The van der Waals surface area contributed by atoms with Gasteiger partial charge in [-0.15, -0.1) is 0 Å². The lowest BCUT2D eigenvalue weighted by molar-refractivity contribution is 0.0378. The lowest BCUT2D eigenvalue weighted by Crippen LogP contribution is -2.29. The van der Waals surface area contributed by atoms with Crippen LogP contribution in [0.1, 0.15) is 29.8 Å². The highest BCUT2D eigenvalue weighted by molar-refractivity contribution is 6.02. The number of likely N-dealkylation sites (N-methyl/N-ethyl adjacent to an activating group) is 2. The van der Waals surface area contributed by atoms with Crippen LogP contribution in [0.5, 0.6) is 0 Å². The van der Waals surface area contributed by atoms with Gasteiger partial charge in [-0.1, -0.05) is 0 Å². The standard InChI is InChI=1S/C28H36N8O2/c1-17(2)38-27(37)20-15-31-28(33-25(20)21-16-36(7)26-19(21)9-8-10-30-26)32-23-14-22(29)24(13-18(23)3)35(6)12-11-34(4)5/h8-10,13-17H,11-12,29H2,1-7H3,(H,31,32,33). The summed E-state index contributed by atoms with van der Waals surface area (Å²) in [4.78, 5) is 31.0. The van der Waals surface area contributed by atoms with Crippen LogP contribution < -0.4 is 16.0 Å². The number of nitrogens with two attached hydrogens (primary N) is 1. The molecule has 0 aliphatic heterocycles. The van der Waals surface area contributed by atoms with Gasteiger partial charge < -0.3 is 30.2 Å². The van der Waals surface area contributed by atoms with Crippen molar-refractivity contribution in [2.24, 2.45) is 7.05 Å². The molecule has 3 aromatic heterocycles. The Morgan fingerprint density at radius 1 is 1.18 bits per heavy atom. The molecule has 0 aliphatic carbocycles. The number of nitrogens with one attached hydrogen (secondary N) is 1. The van der Waals surface area contributed by atoms with Crippen LogP contribution in [0, 0.1) is 6.92 Å². The number of fused-ring (bicyclic) bond motifs is 1. The van der Waals surface area contributed by atoms with E-state index in [1.807, 2.05) is 77.9 Å². The van der Waals surface area contributed by atoms with Gasteiger partial charge in [-0.2, -0.15) is 0 Å². The first-order valence-corrected chi connectivity index (χ1v) is 12.6. The fourth-order valence-electron chi connectivity index (χ4n) is 4.24. The number of carbonyl (C=O) groups excluding carboxylic acids is 1. The Bertz CT molecular complexity index is 1460. The summed E-state index contributed by atoms with van der Waals surface area (Å²) in [5.41, 5.74) is 12.2. The number of aromatic nitrogens is 4. The number of nitrogen functional groups attached to an aromatic ring is 1. The van der Waals surface area contributed by atoms with Gasteiger partial charge in [-0.25, -0.2) is 19.7 Å². The summed E-state index contributed by atoms with van der Waals surface area (Å²) in [6.45, 7) is 7.40. The van der Waals surface area contributed by atoms with E-state index in [0.717, 1.165) is 46.6 Å². The van der Waals surface area contributed by atoms with Crippen molar-refractivity contribution < 1.29 is 9.53 Å². The van der Waals surface area contributed by atoms with Gasteiger partial charge in [0.25, 0.3) is 0 Å². The second-order valence-corrected chi connectivity index (χ2v) is 10.0. The summed E-state index contributed by atoms with van der Waals surface area (Å²) in [7, 11) is 8.04. The molecule has 3 N–H and O–H groups in total. The number of benzene rings is 1. The second-order valence-electron chi connectivity index (χ2n) is 10.0. The zero-order valence-electron chi connectivity index (χ0n) is 23.1. The largest absolute Gasteiger partial charge is 0.459 e. The number of hydrogen-bond acceptors (Lipinski definition) is 9. The number of hydrogen-bond donors (Lipinski definition) is 2. The van der Waals surface area contributed by atoms with Crippen molar-refractivity contribution in [2.45, 2.75) is 26.9 Å². The maximum Gasteiger partial charge on any atom is 0.342 e. The minimum atomic E-state index is -0.479. The van der Waals surface area contributed by atoms with E-state index in [-0.39, 0.29) is 11.7 Å². The fraction of sp³-hybridized carbons (Fsp3) is 0.357. The number of carbonyl (C=O) groups is 1. The SMILES string of the molecule is Cc1cc(N(C)CCN(C)C)c(N)cc1Nc1ncc(C(=O)OC(C)C)c(-c2cn(C)c3ncccc23)n1. The molecule has 10 heteroatoms. The summed E-state index contributed by atoms with van der Waals surface area (Å²) in [5, 5.41) is 4.18. The normalized spacial score (nSPS) is 11.4. The van der Waals surface area contributed by atoms with E-state index in [0.29, 0.717) is 17.3 Å². The van der Waals surface area contributed by atoms with E-state index < -0.39 is 5.97 Å². The van der Waals surface area contributed by atoms with Gasteiger partial charge in [-0.3, -0.25) is 0 Å². The minimum Gasteiger partial charge on any atom is -0.459 e. The number of anilines is 4. The minimum absolute atomic E-state index is 0.276. The van der Waals surface area contributed by atoms with Crippen LogP contribution in [0.3, 0.4) is 0 Å². The smallest absolute Gasteiger partial charge is 0.342 e. The fourth-order valence-corrected chi connectivity index (χ4v) is 4.24. The molecular weight excluding hydrogens is 480 g/mol. The average molecular weight is 517 g/mol. The predicted octanol–water partition coefficient (Wildman–Crippen LogP) is 4.23. The number of aryl methyl sites for hydroxylation is 2. The first kappa shape index (κ1) is 26.9. The van der Waals surface area contributed by atoms with Crippen molar-refractivity contribution in [3.05, 3.63) is 54.0 Å². The molecule has 200 valence electrons. The molecule has 0 aliphatic rings. The van der Waals surface area contributed by atoms with Gasteiger partial charge in [0, 0.05) is 62.4 Å². The number of ether oxygens (including phenoxy) is 1. The summed E-state index contributed by atoms with van der Waals surface area (Å²) >= 11 is 0. The van der Waals surface area contributed by atoms with E-state index in [4.69, 9.17) is 15.5 Å².